The third-order valence-corrected chi connectivity index (χ3v) is 3.02. The zero-order valence-corrected chi connectivity index (χ0v) is 11.8. The van der Waals surface area contributed by atoms with E-state index in [0.717, 1.165) is 31.7 Å². The first kappa shape index (κ1) is 14.8. The van der Waals surface area contributed by atoms with Gasteiger partial charge >= 0.3 is 0 Å². The Kier molecular flexibility index (Phi) is 6.51. The molecule has 1 rings (SSSR count). The smallest absolute Gasteiger partial charge is 0.122 e. The average molecular weight is 247 g/mol. The molecule has 0 aliphatic heterocycles. The highest BCUT2D eigenvalue weighted by Gasteiger charge is 2.06. The first-order valence-electron chi connectivity index (χ1n) is 6.76. The number of hydrogen-bond acceptors (Lipinski definition) is 2. The maximum absolute atomic E-state index is 5.77. The minimum Gasteiger partial charge on any atom is -0.493 e. The van der Waals surface area contributed by atoms with Crippen molar-refractivity contribution in [3.05, 3.63) is 42.0 Å². The second kappa shape index (κ2) is 7.93. The molecule has 1 aromatic rings. The lowest BCUT2D eigenvalue weighted by atomic mass is 10.1. The summed E-state index contributed by atoms with van der Waals surface area (Å²) in [6.45, 7) is 11.9. The van der Waals surface area contributed by atoms with Gasteiger partial charge in [0.2, 0.25) is 0 Å². The van der Waals surface area contributed by atoms with Crippen molar-refractivity contribution in [3.63, 3.8) is 0 Å². The van der Waals surface area contributed by atoms with Gasteiger partial charge in [-0.05, 0) is 50.4 Å². The third kappa shape index (κ3) is 4.53. The van der Waals surface area contributed by atoms with Gasteiger partial charge in [-0.3, -0.25) is 0 Å². The van der Waals surface area contributed by atoms with Crippen molar-refractivity contribution in [2.75, 3.05) is 13.2 Å². The van der Waals surface area contributed by atoms with E-state index in [1.165, 1.54) is 11.1 Å². The van der Waals surface area contributed by atoms with Crippen molar-refractivity contribution in [3.8, 4) is 5.75 Å². The normalized spacial score (nSPS) is 12.2. The van der Waals surface area contributed by atoms with Gasteiger partial charge in [0.25, 0.3) is 0 Å². The van der Waals surface area contributed by atoms with Gasteiger partial charge in [-0.15, -0.1) is 6.58 Å². The van der Waals surface area contributed by atoms with E-state index in [9.17, 15) is 0 Å². The highest BCUT2D eigenvalue weighted by atomic mass is 16.5. The van der Waals surface area contributed by atoms with Crippen molar-refractivity contribution in [1.82, 2.24) is 5.32 Å². The van der Waals surface area contributed by atoms with Crippen LogP contribution in [-0.2, 0) is 0 Å². The number of nitrogens with one attached hydrogen (secondary N) is 1. The third-order valence-electron chi connectivity index (χ3n) is 3.02. The van der Waals surface area contributed by atoms with Crippen molar-refractivity contribution in [2.24, 2.45) is 0 Å². The van der Waals surface area contributed by atoms with Gasteiger partial charge in [-0.2, -0.15) is 0 Å². The molecule has 1 aromatic carbocycles. The molecule has 18 heavy (non-hydrogen) atoms. The van der Waals surface area contributed by atoms with Gasteiger partial charge in [0.05, 0.1) is 6.61 Å². The minimum atomic E-state index is 0.392. The maximum atomic E-state index is 5.77. The van der Waals surface area contributed by atoms with E-state index < -0.39 is 0 Å². The van der Waals surface area contributed by atoms with Crippen LogP contribution in [0, 0.1) is 6.92 Å². The molecule has 0 spiro atoms. The Labute approximate surface area is 111 Å². The average Bonchev–Trinajstić information content (AvgIpc) is 2.36. The summed E-state index contributed by atoms with van der Waals surface area (Å²) < 4.78 is 5.77. The summed E-state index contributed by atoms with van der Waals surface area (Å²) >= 11 is 0. The Hall–Kier alpha value is -1.28. The van der Waals surface area contributed by atoms with Crippen molar-refractivity contribution in [2.45, 2.75) is 39.7 Å². The second-order valence-electron chi connectivity index (χ2n) is 4.58. The van der Waals surface area contributed by atoms with Gasteiger partial charge < -0.3 is 10.1 Å². The van der Waals surface area contributed by atoms with Crippen LogP contribution >= 0.6 is 0 Å². The molecule has 0 heterocycles. The predicted octanol–water partition coefficient (Wildman–Crippen LogP) is 4.01. The summed E-state index contributed by atoms with van der Waals surface area (Å²) in [6.07, 6.45) is 3.96. The quantitative estimate of drug-likeness (QED) is 0.553. The Balaban J connectivity index is 2.59. The van der Waals surface area contributed by atoms with Crippen LogP contribution in [0.15, 0.2) is 30.9 Å². The van der Waals surface area contributed by atoms with E-state index in [1.807, 2.05) is 6.08 Å². The molecule has 0 saturated heterocycles. The van der Waals surface area contributed by atoms with E-state index in [0.29, 0.717) is 6.04 Å². The lowest BCUT2D eigenvalue weighted by molar-refractivity contribution is 0.310. The SMILES string of the molecule is C=CCCCOc1ccc(C(C)NCC)cc1C. The Morgan fingerprint density at radius 2 is 2.22 bits per heavy atom. The predicted molar refractivity (Wildman–Crippen MR) is 78.2 cm³/mol. The first-order chi connectivity index (χ1) is 8.69. The lowest BCUT2D eigenvalue weighted by Crippen LogP contribution is -2.17. The number of ether oxygens (including phenoxy) is 1. The summed E-state index contributed by atoms with van der Waals surface area (Å²) in [5, 5.41) is 3.42. The number of unbranched alkanes of at least 4 members (excludes halogenated alkanes) is 1. The van der Waals surface area contributed by atoms with Crippen LogP contribution in [0.5, 0.6) is 5.75 Å². The zero-order valence-electron chi connectivity index (χ0n) is 11.8. The second-order valence-corrected chi connectivity index (χ2v) is 4.58. The van der Waals surface area contributed by atoms with Gasteiger partial charge in [-0.1, -0.05) is 25.1 Å². The van der Waals surface area contributed by atoms with Gasteiger partial charge in [-0.25, -0.2) is 0 Å². The van der Waals surface area contributed by atoms with Crippen molar-refractivity contribution >= 4 is 0 Å². The maximum Gasteiger partial charge on any atom is 0.122 e. The number of rotatable bonds is 8. The van der Waals surface area contributed by atoms with Crippen molar-refractivity contribution < 1.29 is 4.74 Å². The van der Waals surface area contributed by atoms with Crippen LogP contribution in [0.2, 0.25) is 0 Å². The van der Waals surface area contributed by atoms with E-state index in [-0.39, 0.29) is 0 Å². The molecular weight excluding hydrogens is 222 g/mol. The van der Waals surface area contributed by atoms with E-state index in [1.54, 1.807) is 0 Å². The lowest BCUT2D eigenvalue weighted by Gasteiger charge is -2.15. The molecule has 0 saturated carbocycles. The minimum absolute atomic E-state index is 0.392. The largest absolute Gasteiger partial charge is 0.493 e. The molecule has 0 aliphatic rings. The van der Waals surface area contributed by atoms with Gasteiger partial charge in [0, 0.05) is 6.04 Å². The fraction of sp³-hybridized carbons (Fsp3) is 0.500. The number of benzene rings is 1. The molecule has 1 atom stereocenters. The molecular formula is C16H25NO. The number of hydrogen-bond donors (Lipinski definition) is 1. The Morgan fingerprint density at radius 1 is 1.44 bits per heavy atom. The van der Waals surface area contributed by atoms with Crippen LogP contribution < -0.4 is 10.1 Å². The Bertz CT molecular complexity index is 373. The van der Waals surface area contributed by atoms with E-state index >= 15 is 0 Å². The van der Waals surface area contributed by atoms with E-state index in [4.69, 9.17) is 4.74 Å². The monoisotopic (exact) mass is 247 g/mol. The van der Waals surface area contributed by atoms with Gasteiger partial charge in [0.1, 0.15) is 5.75 Å². The van der Waals surface area contributed by atoms with Crippen LogP contribution in [-0.4, -0.2) is 13.2 Å². The topological polar surface area (TPSA) is 21.3 Å². The number of allylic oxidation sites excluding steroid dienone is 1. The molecule has 0 fully saturated rings. The molecule has 0 bridgehead atoms. The molecule has 1 unspecified atom stereocenters. The summed E-state index contributed by atoms with van der Waals surface area (Å²) in [4.78, 5) is 0. The summed E-state index contributed by atoms with van der Waals surface area (Å²) in [7, 11) is 0. The number of aryl methyl sites for hydroxylation is 1. The molecule has 100 valence electrons. The molecule has 2 heteroatoms. The highest BCUT2D eigenvalue weighted by Crippen LogP contribution is 2.22. The molecule has 1 N–H and O–H groups in total. The van der Waals surface area contributed by atoms with Crippen LogP contribution in [0.4, 0.5) is 0 Å². The zero-order chi connectivity index (χ0) is 13.4. The first-order valence-corrected chi connectivity index (χ1v) is 6.76. The fourth-order valence-electron chi connectivity index (χ4n) is 1.94. The van der Waals surface area contributed by atoms with Crippen LogP contribution in [0.1, 0.15) is 43.9 Å². The highest BCUT2D eigenvalue weighted by molar-refractivity contribution is 5.37. The molecule has 0 amide bonds. The summed E-state index contributed by atoms with van der Waals surface area (Å²) in [5.41, 5.74) is 2.52. The van der Waals surface area contributed by atoms with Crippen molar-refractivity contribution in [1.29, 1.82) is 0 Å². The van der Waals surface area contributed by atoms with Gasteiger partial charge in [0.15, 0.2) is 0 Å². The molecule has 2 nitrogen and oxygen atoms in total. The Morgan fingerprint density at radius 3 is 2.83 bits per heavy atom. The molecule has 0 radical (unpaired) electrons. The fourth-order valence-corrected chi connectivity index (χ4v) is 1.94. The summed E-state index contributed by atoms with van der Waals surface area (Å²) in [5.74, 6) is 0.992. The van der Waals surface area contributed by atoms with Crippen LogP contribution in [0.3, 0.4) is 0 Å². The summed E-state index contributed by atoms with van der Waals surface area (Å²) in [6, 6.07) is 6.81. The standard InChI is InChI=1S/C16H25NO/c1-5-7-8-11-18-16-10-9-15(12-13(16)3)14(4)17-6-2/h5,9-10,12,14,17H,1,6-8,11H2,2-4H3. The van der Waals surface area contributed by atoms with E-state index in [2.05, 4.69) is 50.9 Å². The molecule has 0 aliphatic carbocycles. The molecule has 0 aromatic heterocycles. The van der Waals surface area contributed by atoms with Crippen LogP contribution in [0.25, 0.3) is 0 Å².